The molecule has 0 aliphatic heterocycles. The summed E-state index contributed by atoms with van der Waals surface area (Å²) in [4.78, 5) is 24.8. The average Bonchev–Trinajstić information content (AvgIpc) is 2.83. The van der Waals surface area contributed by atoms with Crippen molar-refractivity contribution in [2.75, 3.05) is 24.4 Å². The first-order chi connectivity index (χ1) is 16.4. The van der Waals surface area contributed by atoms with Gasteiger partial charge in [0.1, 0.15) is 29.0 Å². The van der Waals surface area contributed by atoms with E-state index in [9.17, 15) is 19.2 Å². The monoisotopic (exact) mass is 523 g/mol. The lowest BCUT2D eigenvalue weighted by Gasteiger charge is -2.11. The minimum Gasteiger partial charge on any atom is -0.497 e. The van der Waals surface area contributed by atoms with Gasteiger partial charge in [-0.3, -0.25) is 9.59 Å². The molecule has 0 saturated heterocycles. The van der Waals surface area contributed by atoms with E-state index in [4.69, 9.17) is 9.47 Å². The Morgan fingerprint density at radius 1 is 1.03 bits per heavy atom. The summed E-state index contributed by atoms with van der Waals surface area (Å²) in [6, 6.07) is 18.9. The summed E-state index contributed by atoms with van der Waals surface area (Å²) in [6.45, 7) is -0.334. The minimum atomic E-state index is -0.604. The smallest absolute Gasteiger partial charge is 0.266 e. The van der Waals surface area contributed by atoms with E-state index >= 15 is 0 Å². The van der Waals surface area contributed by atoms with Crippen LogP contribution in [0.15, 0.2) is 76.8 Å². The zero-order valence-corrected chi connectivity index (χ0v) is 19.6. The third-order valence-corrected chi connectivity index (χ3v) is 4.96. The molecule has 0 unspecified atom stereocenters. The zero-order chi connectivity index (χ0) is 24.5. The summed E-state index contributed by atoms with van der Waals surface area (Å²) in [5, 5.41) is 14.8. The molecule has 0 radical (unpaired) electrons. The van der Waals surface area contributed by atoms with Crippen molar-refractivity contribution in [3.05, 3.63) is 88.2 Å². The van der Waals surface area contributed by atoms with Gasteiger partial charge < -0.3 is 20.1 Å². The van der Waals surface area contributed by atoms with Gasteiger partial charge in [0.15, 0.2) is 6.61 Å². The third-order valence-electron chi connectivity index (χ3n) is 4.47. The standard InChI is InChI=1S/C25H19BrFN3O4/c1-33-22-9-7-21(8-10-22)30-25(32)17(14-28)12-16-13-18(26)2-11-23(16)34-15-24(31)29-20-5-3-19(27)4-6-20/h2-13H,15H2,1H3,(H,29,31)(H,30,32)/b17-12-. The predicted octanol–water partition coefficient (Wildman–Crippen LogP) is 5.16. The van der Waals surface area contributed by atoms with Gasteiger partial charge in [-0.1, -0.05) is 15.9 Å². The van der Waals surface area contributed by atoms with Gasteiger partial charge in [-0.2, -0.15) is 5.26 Å². The van der Waals surface area contributed by atoms with E-state index < -0.39 is 17.6 Å². The SMILES string of the molecule is COc1ccc(NC(=O)/C(C#N)=C\c2cc(Br)ccc2OCC(=O)Nc2ccc(F)cc2)cc1. The number of rotatable bonds is 8. The summed E-state index contributed by atoms with van der Waals surface area (Å²) in [5.41, 5.74) is 1.18. The summed E-state index contributed by atoms with van der Waals surface area (Å²) < 4.78 is 24.4. The van der Waals surface area contributed by atoms with Crippen LogP contribution < -0.4 is 20.1 Å². The van der Waals surface area contributed by atoms with Crippen molar-refractivity contribution in [3.8, 4) is 17.6 Å². The minimum absolute atomic E-state index is 0.158. The molecule has 3 aromatic rings. The number of nitrogens with zero attached hydrogens (tertiary/aromatic N) is 1. The molecule has 0 fully saturated rings. The van der Waals surface area contributed by atoms with E-state index in [-0.39, 0.29) is 12.2 Å². The number of halogens is 2. The van der Waals surface area contributed by atoms with Crippen molar-refractivity contribution in [1.29, 1.82) is 5.26 Å². The summed E-state index contributed by atoms with van der Waals surface area (Å²) >= 11 is 3.35. The van der Waals surface area contributed by atoms with Crippen molar-refractivity contribution < 1.29 is 23.5 Å². The highest BCUT2D eigenvalue weighted by atomic mass is 79.9. The predicted molar refractivity (Wildman–Crippen MR) is 130 cm³/mol. The Balaban J connectivity index is 1.72. The number of carbonyl (C=O) groups excluding carboxylic acids is 2. The van der Waals surface area contributed by atoms with Crippen LogP contribution in [0.1, 0.15) is 5.56 Å². The molecule has 0 atom stereocenters. The number of carbonyl (C=O) groups is 2. The molecule has 7 nitrogen and oxygen atoms in total. The van der Waals surface area contributed by atoms with Gasteiger partial charge in [-0.25, -0.2) is 4.39 Å². The van der Waals surface area contributed by atoms with Crippen molar-refractivity contribution in [2.24, 2.45) is 0 Å². The van der Waals surface area contributed by atoms with E-state index in [1.54, 1.807) is 42.5 Å². The van der Waals surface area contributed by atoms with E-state index in [0.29, 0.717) is 32.9 Å². The van der Waals surface area contributed by atoms with E-state index in [1.165, 1.54) is 37.5 Å². The van der Waals surface area contributed by atoms with Gasteiger partial charge in [0.2, 0.25) is 0 Å². The Bertz CT molecular complexity index is 1250. The molecule has 0 bridgehead atoms. The number of hydrogen-bond acceptors (Lipinski definition) is 5. The van der Waals surface area contributed by atoms with Crippen LogP contribution in [0.4, 0.5) is 15.8 Å². The Morgan fingerprint density at radius 3 is 2.32 bits per heavy atom. The summed E-state index contributed by atoms with van der Waals surface area (Å²) in [5.74, 6) is -0.546. The zero-order valence-electron chi connectivity index (χ0n) is 18.0. The van der Waals surface area contributed by atoms with Gasteiger partial charge in [-0.05, 0) is 72.8 Å². The molecule has 2 amide bonds. The van der Waals surface area contributed by atoms with Crippen molar-refractivity contribution >= 4 is 45.2 Å². The Morgan fingerprint density at radius 2 is 1.68 bits per heavy atom. The molecule has 2 N–H and O–H groups in total. The molecule has 0 aliphatic carbocycles. The Kier molecular flexibility index (Phi) is 8.37. The first-order valence-corrected chi connectivity index (χ1v) is 10.7. The fourth-order valence-corrected chi connectivity index (χ4v) is 3.19. The molecule has 3 aromatic carbocycles. The van der Waals surface area contributed by atoms with Crippen LogP contribution in [0, 0.1) is 17.1 Å². The number of anilines is 2. The Hall–Kier alpha value is -4.16. The second-order valence-corrected chi connectivity index (χ2v) is 7.79. The van der Waals surface area contributed by atoms with Crippen molar-refractivity contribution in [1.82, 2.24) is 0 Å². The van der Waals surface area contributed by atoms with E-state index in [0.717, 1.165) is 0 Å². The van der Waals surface area contributed by atoms with Crippen LogP contribution in [0.25, 0.3) is 6.08 Å². The molecule has 0 heterocycles. The van der Waals surface area contributed by atoms with Crippen LogP contribution in [0.2, 0.25) is 0 Å². The van der Waals surface area contributed by atoms with Gasteiger partial charge >= 0.3 is 0 Å². The highest BCUT2D eigenvalue weighted by Gasteiger charge is 2.13. The summed E-state index contributed by atoms with van der Waals surface area (Å²) in [7, 11) is 1.54. The largest absolute Gasteiger partial charge is 0.497 e. The molecular formula is C25H19BrFN3O4. The second-order valence-electron chi connectivity index (χ2n) is 6.88. The topological polar surface area (TPSA) is 100 Å². The molecule has 9 heteroatoms. The first-order valence-electron chi connectivity index (χ1n) is 9.93. The maximum absolute atomic E-state index is 13.0. The van der Waals surface area contributed by atoms with E-state index in [2.05, 4.69) is 26.6 Å². The van der Waals surface area contributed by atoms with Crippen LogP contribution in [-0.4, -0.2) is 25.5 Å². The maximum atomic E-state index is 13.0. The van der Waals surface area contributed by atoms with Crippen LogP contribution in [-0.2, 0) is 9.59 Å². The van der Waals surface area contributed by atoms with Crippen LogP contribution in [0.5, 0.6) is 11.5 Å². The highest BCUT2D eigenvalue weighted by molar-refractivity contribution is 9.10. The number of nitriles is 1. The first kappa shape index (κ1) is 24.5. The van der Waals surface area contributed by atoms with Gasteiger partial charge in [0, 0.05) is 21.4 Å². The number of hydrogen-bond donors (Lipinski definition) is 2. The van der Waals surface area contributed by atoms with Gasteiger partial charge in [0.25, 0.3) is 11.8 Å². The molecule has 3 rings (SSSR count). The highest BCUT2D eigenvalue weighted by Crippen LogP contribution is 2.26. The average molecular weight is 524 g/mol. The number of benzene rings is 3. The van der Waals surface area contributed by atoms with Crippen molar-refractivity contribution in [2.45, 2.75) is 0 Å². The van der Waals surface area contributed by atoms with Crippen molar-refractivity contribution in [3.63, 3.8) is 0 Å². The number of methoxy groups -OCH3 is 1. The molecular weight excluding hydrogens is 505 g/mol. The molecule has 0 aromatic heterocycles. The van der Waals surface area contributed by atoms with E-state index in [1.807, 2.05) is 6.07 Å². The normalized spacial score (nSPS) is 10.7. The lowest BCUT2D eigenvalue weighted by atomic mass is 10.1. The third kappa shape index (κ3) is 6.92. The van der Waals surface area contributed by atoms with Crippen LogP contribution >= 0.6 is 15.9 Å². The molecule has 0 spiro atoms. The maximum Gasteiger partial charge on any atom is 0.266 e. The molecule has 0 aliphatic rings. The molecule has 34 heavy (non-hydrogen) atoms. The Labute approximate surface area is 203 Å². The quantitative estimate of drug-likeness (QED) is 0.313. The van der Waals surface area contributed by atoms with Crippen LogP contribution in [0.3, 0.4) is 0 Å². The fourth-order valence-electron chi connectivity index (χ4n) is 2.81. The lowest BCUT2D eigenvalue weighted by molar-refractivity contribution is -0.118. The number of ether oxygens (including phenoxy) is 2. The second kappa shape index (κ2) is 11.6. The lowest BCUT2D eigenvalue weighted by Crippen LogP contribution is -2.20. The molecule has 172 valence electrons. The van der Waals surface area contributed by atoms with Gasteiger partial charge in [-0.15, -0.1) is 0 Å². The summed E-state index contributed by atoms with van der Waals surface area (Å²) in [6.07, 6.45) is 1.37. The van der Waals surface area contributed by atoms with Gasteiger partial charge in [0.05, 0.1) is 7.11 Å². The fraction of sp³-hybridized carbons (Fsp3) is 0.0800. The molecule has 0 saturated carbocycles. The number of amides is 2. The number of nitrogens with one attached hydrogen (secondary N) is 2.